The Morgan fingerprint density at radius 2 is 1.93 bits per heavy atom. The predicted molar refractivity (Wildman–Crippen MR) is 65.1 cm³/mol. The number of piperazine rings is 1. The summed E-state index contributed by atoms with van der Waals surface area (Å²) in [6.45, 7) is 8.43. The lowest BCUT2D eigenvalue weighted by Gasteiger charge is -2.39. The lowest BCUT2D eigenvalue weighted by molar-refractivity contribution is 0.130. The van der Waals surface area contributed by atoms with E-state index in [0.29, 0.717) is 6.04 Å². The van der Waals surface area contributed by atoms with E-state index in [9.17, 15) is 0 Å². The first-order valence-electron chi connectivity index (χ1n) is 6.75. The van der Waals surface area contributed by atoms with Gasteiger partial charge in [-0.2, -0.15) is 0 Å². The van der Waals surface area contributed by atoms with Crippen LogP contribution in [0.1, 0.15) is 46.0 Å². The quantitative estimate of drug-likeness (QED) is 0.768. The molecule has 1 N–H and O–H groups in total. The van der Waals surface area contributed by atoms with Crippen molar-refractivity contribution in [3.63, 3.8) is 0 Å². The lowest BCUT2D eigenvalue weighted by Crippen LogP contribution is -2.55. The van der Waals surface area contributed by atoms with E-state index in [4.69, 9.17) is 0 Å². The number of rotatable bonds is 3. The molecule has 2 fully saturated rings. The van der Waals surface area contributed by atoms with E-state index < -0.39 is 0 Å². The van der Waals surface area contributed by atoms with Gasteiger partial charge in [-0.15, -0.1) is 0 Å². The molecule has 2 heteroatoms. The maximum absolute atomic E-state index is 3.55. The largest absolute Gasteiger partial charge is 0.311 e. The molecule has 0 radical (unpaired) electrons. The highest BCUT2D eigenvalue weighted by Crippen LogP contribution is 2.28. The topological polar surface area (TPSA) is 15.3 Å². The summed E-state index contributed by atoms with van der Waals surface area (Å²) in [7, 11) is 0. The molecule has 2 nitrogen and oxygen atoms in total. The van der Waals surface area contributed by atoms with Gasteiger partial charge in [0.15, 0.2) is 0 Å². The molecule has 2 aliphatic rings. The maximum Gasteiger partial charge on any atom is 0.0218 e. The van der Waals surface area contributed by atoms with E-state index in [-0.39, 0.29) is 0 Å². The Kier molecular flexibility index (Phi) is 4.04. The predicted octanol–water partition coefficient (Wildman–Crippen LogP) is 2.25. The number of hydrogen-bond acceptors (Lipinski definition) is 2. The molecule has 2 rings (SSSR count). The Hall–Kier alpha value is -0.0800. The molecule has 2 atom stereocenters. The second kappa shape index (κ2) is 5.31. The number of nitrogens with one attached hydrogen (secondary N) is 1. The Morgan fingerprint density at radius 1 is 1.20 bits per heavy atom. The van der Waals surface area contributed by atoms with E-state index in [0.717, 1.165) is 12.0 Å². The van der Waals surface area contributed by atoms with Gasteiger partial charge in [-0.1, -0.05) is 25.7 Å². The molecule has 0 bridgehead atoms. The van der Waals surface area contributed by atoms with Crippen molar-refractivity contribution in [3.05, 3.63) is 0 Å². The second-order valence-electron chi connectivity index (χ2n) is 5.46. The van der Waals surface area contributed by atoms with Crippen molar-refractivity contribution in [2.24, 2.45) is 5.92 Å². The van der Waals surface area contributed by atoms with Gasteiger partial charge < -0.3 is 5.32 Å². The van der Waals surface area contributed by atoms with Gasteiger partial charge in [0.05, 0.1) is 0 Å². The van der Waals surface area contributed by atoms with E-state index in [2.05, 4.69) is 24.1 Å². The summed E-state index contributed by atoms with van der Waals surface area (Å²) in [5.41, 5.74) is 0. The van der Waals surface area contributed by atoms with E-state index in [1.807, 2.05) is 0 Å². The lowest BCUT2D eigenvalue weighted by atomic mass is 10.0. The Morgan fingerprint density at radius 3 is 2.67 bits per heavy atom. The summed E-state index contributed by atoms with van der Waals surface area (Å²) in [6.07, 6.45) is 7.40. The van der Waals surface area contributed by atoms with E-state index in [1.54, 1.807) is 0 Å². The highest BCUT2D eigenvalue weighted by atomic mass is 15.2. The fourth-order valence-corrected chi connectivity index (χ4v) is 3.09. The van der Waals surface area contributed by atoms with Crippen molar-refractivity contribution in [1.29, 1.82) is 0 Å². The fourth-order valence-electron chi connectivity index (χ4n) is 3.09. The van der Waals surface area contributed by atoms with Crippen LogP contribution < -0.4 is 5.32 Å². The molecule has 0 spiro atoms. The summed E-state index contributed by atoms with van der Waals surface area (Å²) in [4.78, 5) is 2.68. The van der Waals surface area contributed by atoms with Crippen LogP contribution in [0.2, 0.25) is 0 Å². The summed E-state index contributed by atoms with van der Waals surface area (Å²) < 4.78 is 0. The number of hydrogen-bond donors (Lipinski definition) is 1. The zero-order valence-corrected chi connectivity index (χ0v) is 10.3. The third-order valence-corrected chi connectivity index (χ3v) is 4.46. The van der Waals surface area contributed by atoms with E-state index in [1.165, 1.54) is 51.7 Å². The normalized spacial score (nSPS) is 34.8. The molecule has 1 aliphatic heterocycles. The first-order chi connectivity index (χ1) is 7.27. The van der Waals surface area contributed by atoms with Crippen LogP contribution in [0.25, 0.3) is 0 Å². The molecular formula is C13H26N2. The van der Waals surface area contributed by atoms with Gasteiger partial charge in [0.1, 0.15) is 0 Å². The van der Waals surface area contributed by atoms with Crippen LogP contribution in [0.15, 0.2) is 0 Å². The first kappa shape index (κ1) is 11.4. The van der Waals surface area contributed by atoms with Crippen LogP contribution in [0.3, 0.4) is 0 Å². The zero-order chi connectivity index (χ0) is 10.7. The SMILES string of the molecule is CC1NCCN(CCC2CCCC2)C1C. The third kappa shape index (κ3) is 2.94. The van der Waals surface area contributed by atoms with Gasteiger partial charge in [0.25, 0.3) is 0 Å². The zero-order valence-electron chi connectivity index (χ0n) is 10.3. The Balaban J connectivity index is 1.72. The summed E-state index contributed by atoms with van der Waals surface area (Å²) in [5, 5.41) is 3.55. The van der Waals surface area contributed by atoms with Crippen molar-refractivity contribution in [3.8, 4) is 0 Å². The van der Waals surface area contributed by atoms with Crippen LogP contribution in [-0.2, 0) is 0 Å². The molecule has 0 aromatic rings. The molecule has 1 heterocycles. The molecule has 0 aromatic heterocycles. The Bertz CT molecular complexity index is 187. The first-order valence-corrected chi connectivity index (χ1v) is 6.75. The minimum atomic E-state index is 0.669. The highest BCUT2D eigenvalue weighted by molar-refractivity contribution is 4.84. The van der Waals surface area contributed by atoms with Crippen molar-refractivity contribution in [1.82, 2.24) is 10.2 Å². The molecule has 15 heavy (non-hydrogen) atoms. The summed E-state index contributed by atoms with van der Waals surface area (Å²) >= 11 is 0. The second-order valence-corrected chi connectivity index (χ2v) is 5.46. The average molecular weight is 210 g/mol. The number of nitrogens with zero attached hydrogens (tertiary/aromatic N) is 1. The van der Waals surface area contributed by atoms with Crippen LogP contribution in [0.4, 0.5) is 0 Å². The molecule has 2 unspecified atom stereocenters. The van der Waals surface area contributed by atoms with Gasteiger partial charge in [-0.25, -0.2) is 0 Å². The molecule has 88 valence electrons. The minimum absolute atomic E-state index is 0.669. The van der Waals surface area contributed by atoms with Gasteiger partial charge in [-0.05, 0) is 32.7 Å². The molecule has 0 aromatic carbocycles. The van der Waals surface area contributed by atoms with Crippen LogP contribution in [0.5, 0.6) is 0 Å². The van der Waals surface area contributed by atoms with Crippen molar-refractivity contribution >= 4 is 0 Å². The van der Waals surface area contributed by atoms with Crippen LogP contribution in [0, 0.1) is 5.92 Å². The van der Waals surface area contributed by atoms with E-state index >= 15 is 0 Å². The van der Waals surface area contributed by atoms with Gasteiger partial charge in [0, 0.05) is 25.2 Å². The highest BCUT2D eigenvalue weighted by Gasteiger charge is 2.25. The smallest absolute Gasteiger partial charge is 0.0218 e. The summed E-state index contributed by atoms with van der Waals surface area (Å²) in [5.74, 6) is 1.04. The van der Waals surface area contributed by atoms with Crippen molar-refractivity contribution in [2.45, 2.75) is 58.0 Å². The molecular weight excluding hydrogens is 184 g/mol. The molecule has 1 aliphatic carbocycles. The standard InChI is InChI=1S/C13H26N2/c1-11-12(2)15(10-8-14-11)9-7-13-5-3-4-6-13/h11-14H,3-10H2,1-2H3. The van der Waals surface area contributed by atoms with Gasteiger partial charge in [0.2, 0.25) is 0 Å². The molecule has 1 saturated carbocycles. The van der Waals surface area contributed by atoms with Crippen LogP contribution in [-0.4, -0.2) is 36.6 Å². The molecule has 0 amide bonds. The molecule has 1 saturated heterocycles. The van der Waals surface area contributed by atoms with Crippen LogP contribution >= 0.6 is 0 Å². The summed E-state index contributed by atoms with van der Waals surface area (Å²) in [6, 6.07) is 1.39. The monoisotopic (exact) mass is 210 g/mol. The van der Waals surface area contributed by atoms with Gasteiger partial charge in [-0.3, -0.25) is 4.90 Å². The fraction of sp³-hybridized carbons (Fsp3) is 1.00. The van der Waals surface area contributed by atoms with Gasteiger partial charge >= 0.3 is 0 Å². The third-order valence-electron chi connectivity index (χ3n) is 4.46. The maximum atomic E-state index is 3.55. The Labute approximate surface area is 94.4 Å². The minimum Gasteiger partial charge on any atom is -0.311 e. The average Bonchev–Trinajstić information content (AvgIpc) is 2.73. The van der Waals surface area contributed by atoms with Crippen molar-refractivity contribution in [2.75, 3.05) is 19.6 Å². The van der Waals surface area contributed by atoms with Crippen molar-refractivity contribution < 1.29 is 0 Å².